The van der Waals surface area contributed by atoms with E-state index in [9.17, 15) is 30.0 Å². The lowest BCUT2D eigenvalue weighted by Gasteiger charge is -2.29. The van der Waals surface area contributed by atoms with Crippen LogP contribution in [0.2, 0.25) is 0 Å². The number of hydrogen-bond donors (Lipinski definition) is 4. The standard InChI is InChI=1S/C22H24O6/c23-17-5-7-19(21(25)26)15(11-17)9-13-1-2-14(4-3-13)10-16-12-18(24)6-8-20(16)22(27)28/h5-8,11-14,23-24H,1-4,9-10H2,(H,25,26)(H,27,28). The van der Waals surface area contributed by atoms with Crippen molar-refractivity contribution in [2.24, 2.45) is 11.8 Å². The Morgan fingerprint density at radius 3 is 1.39 bits per heavy atom. The van der Waals surface area contributed by atoms with Gasteiger partial charge in [-0.15, -0.1) is 0 Å². The molecule has 0 radical (unpaired) electrons. The van der Waals surface area contributed by atoms with Crippen LogP contribution in [0.15, 0.2) is 36.4 Å². The van der Waals surface area contributed by atoms with Crippen molar-refractivity contribution in [2.75, 3.05) is 0 Å². The summed E-state index contributed by atoms with van der Waals surface area (Å²) in [6.45, 7) is 0. The van der Waals surface area contributed by atoms with Gasteiger partial charge in [-0.1, -0.05) is 0 Å². The van der Waals surface area contributed by atoms with Gasteiger partial charge in [0, 0.05) is 0 Å². The van der Waals surface area contributed by atoms with Crippen LogP contribution in [0.3, 0.4) is 0 Å². The number of aromatic hydroxyl groups is 2. The number of benzene rings is 2. The first-order valence-corrected chi connectivity index (χ1v) is 9.44. The Kier molecular flexibility index (Phi) is 5.87. The summed E-state index contributed by atoms with van der Waals surface area (Å²) in [4.78, 5) is 22.8. The molecular weight excluding hydrogens is 360 g/mol. The lowest BCUT2D eigenvalue weighted by molar-refractivity contribution is 0.0683. The van der Waals surface area contributed by atoms with Crippen LogP contribution < -0.4 is 0 Å². The second-order valence-corrected chi connectivity index (χ2v) is 7.59. The molecule has 148 valence electrons. The number of carboxylic acid groups (broad SMARTS) is 2. The van der Waals surface area contributed by atoms with Gasteiger partial charge in [0.15, 0.2) is 0 Å². The average Bonchev–Trinajstić information content (AvgIpc) is 2.63. The molecule has 0 bridgehead atoms. The summed E-state index contributed by atoms with van der Waals surface area (Å²) in [6, 6.07) is 8.71. The lowest BCUT2D eigenvalue weighted by Crippen LogP contribution is -2.19. The summed E-state index contributed by atoms with van der Waals surface area (Å²) in [6.07, 6.45) is 4.88. The maximum absolute atomic E-state index is 11.4. The van der Waals surface area contributed by atoms with E-state index in [0.717, 1.165) is 25.7 Å². The SMILES string of the molecule is O=C(O)c1ccc(O)cc1CC1CCC(Cc2cc(O)ccc2C(=O)O)CC1. The van der Waals surface area contributed by atoms with E-state index in [1.165, 1.54) is 36.4 Å². The minimum absolute atomic E-state index is 0.0683. The van der Waals surface area contributed by atoms with Gasteiger partial charge in [0.05, 0.1) is 11.1 Å². The van der Waals surface area contributed by atoms with Gasteiger partial charge >= 0.3 is 11.9 Å². The van der Waals surface area contributed by atoms with Gasteiger partial charge in [-0.2, -0.15) is 0 Å². The monoisotopic (exact) mass is 384 g/mol. The smallest absolute Gasteiger partial charge is 0.335 e. The molecule has 1 aliphatic rings. The number of carbonyl (C=O) groups is 2. The molecule has 0 spiro atoms. The molecule has 0 atom stereocenters. The van der Waals surface area contributed by atoms with Crippen molar-refractivity contribution < 1.29 is 30.0 Å². The molecule has 1 saturated carbocycles. The maximum Gasteiger partial charge on any atom is 0.335 e. The summed E-state index contributed by atoms with van der Waals surface area (Å²) in [5.74, 6) is -1.18. The third kappa shape index (κ3) is 4.63. The Balaban J connectivity index is 1.63. The van der Waals surface area contributed by atoms with Gasteiger partial charge in [-0.3, -0.25) is 0 Å². The van der Waals surface area contributed by atoms with E-state index in [4.69, 9.17) is 0 Å². The quantitative estimate of drug-likeness (QED) is 0.596. The zero-order valence-electron chi connectivity index (χ0n) is 15.5. The molecule has 0 heterocycles. The van der Waals surface area contributed by atoms with Gasteiger partial charge in [-0.25, -0.2) is 9.59 Å². The molecule has 2 aromatic rings. The molecule has 0 aromatic heterocycles. The van der Waals surface area contributed by atoms with Gasteiger partial charge in [-0.05, 0) is 97.9 Å². The highest BCUT2D eigenvalue weighted by Crippen LogP contribution is 2.35. The van der Waals surface area contributed by atoms with Crippen LogP contribution in [-0.4, -0.2) is 32.4 Å². The number of rotatable bonds is 6. The van der Waals surface area contributed by atoms with Gasteiger partial charge < -0.3 is 20.4 Å². The van der Waals surface area contributed by atoms with E-state index in [1.54, 1.807) is 0 Å². The highest BCUT2D eigenvalue weighted by atomic mass is 16.4. The molecular formula is C22H24O6. The van der Waals surface area contributed by atoms with E-state index >= 15 is 0 Å². The molecule has 3 rings (SSSR count). The first-order valence-electron chi connectivity index (χ1n) is 9.44. The fourth-order valence-corrected chi connectivity index (χ4v) is 4.18. The average molecular weight is 384 g/mol. The topological polar surface area (TPSA) is 115 Å². The molecule has 0 saturated heterocycles. The summed E-state index contributed by atoms with van der Waals surface area (Å²) >= 11 is 0. The summed E-state index contributed by atoms with van der Waals surface area (Å²) in [7, 11) is 0. The van der Waals surface area contributed by atoms with Crippen LogP contribution in [0.5, 0.6) is 11.5 Å². The molecule has 0 aliphatic heterocycles. The second kappa shape index (κ2) is 8.33. The molecule has 1 aliphatic carbocycles. The van der Waals surface area contributed by atoms with E-state index in [-0.39, 0.29) is 22.6 Å². The first-order chi connectivity index (χ1) is 13.3. The molecule has 6 heteroatoms. The molecule has 2 aromatic carbocycles. The number of phenols is 2. The maximum atomic E-state index is 11.4. The van der Waals surface area contributed by atoms with Crippen molar-refractivity contribution in [1.82, 2.24) is 0 Å². The normalized spacial score (nSPS) is 19.3. The minimum atomic E-state index is -0.992. The van der Waals surface area contributed by atoms with E-state index in [2.05, 4.69) is 0 Å². The fourth-order valence-electron chi connectivity index (χ4n) is 4.18. The predicted octanol–water partition coefficient (Wildman–Crippen LogP) is 4.09. The summed E-state index contributed by atoms with van der Waals surface area (Å²) in [5, 5.41) is 38.0. The molecule has 0 amide bonds. The summed E-state index contributed by atoms with van der Waals surface area (Å²) in [5.41, 5.74) is 1.76. The highest BCUT2D eigenvalue weighted by molar-refractivity contribution is 5.90. The van der Waals surface area contributed by atoms with Crippen molar-refractivity contribution in [2.45, 2.75) is 38.5 Å². The van der Waals surface area contributed by atoms with Crippen LogP contribution >= 0.6 is 0 Å². The molecule has 0 unspecified atom stereocenters. The zero-order valence-corrected chi connectivity index (χ0v) is 15.5. The van der Waals surface area contributed by atoms with Gasteiger partial charge in [0.25, 0.3) is 0 Å². The Morgan fingerprint density at radius 2 is 1.07 bits per heavy atom. The third-order valence-corrected chi connectivity index (χ3v) is 5.62. The van der Waals surface area contributed by atoms with E-state index < -0.39 is 11.9 Å². The number of hydrogen-bond acceptors (Lipinski definition) is 4. The molecule has 28 heavy (non-hydrogen) atoms. The Labute approximate surface area is 163 Å². The van der Waals surface area contributed by atoms with Crippen molar-refractivity contribution in [3.63, 3.8) is 0 Å². The Hall–Kier alpha value is -3.02. The van der Waals surface area contributed by atoms with Crippen molar-refractivity contribution >= 4 is 11.9 Å². The van der Waals surface area contributed by atoms with Crippen LogP contribution in [0.25, 0.3) is 0 Å². The fraction of sp³-hybridized carbons (Fsp3) is 0.364. The molecule has 6 nitrogen and oxygen atoms in total. The number of aromatic carboxylic acids is 2. The predicted molar refractivity (Wildman–Crippen MR) is 103 cm³/mol. The van der Waals surface area contributed by atoms with Crippen LogP contribution in [0.4, 0.5) is 0 Å². The van der Waals surface area contributed by atoms with Crippen molar-refractivity contribution in [3.05, 3.63) is 58.7 Å². The van der Waals surface area contributed by atoms with Gasteiger partial charge in [0.1, 0.15) is 11.5 Å². The van der Waals surface area contributed by atoms with Crippen LogP contribution in [0.1, 0.15) is 57.5 Å². The Morgan fingerprint density at radius 1 is 0.714 bits per heavy atom. The van der Waals surface area contributed by atoms with E-state index in [1.807, 2.05) is 0 Å². The first kappa shape index (κ1) is 19.7. The van der Waals surface area contributed by atoms with Crippen LogP contribution in [0, 0.1) is 11.8 Å². The molecule has 4 N–H and O–H groups in total. The van der Waals surface area contributed by atoms with Gasteiger partial charge in [0.2, 0.25) is 0 Å². The summed E-state index contributed by atoms with van der Waals surface area (Å²) < 4.78 is 0. The van der Waals surface area contributed by atoms with Crippen LogP contribution in [-0.2, 0) is 12.8 Å². The minimum Gasteiger partial charge on any atom is -0.508 e. The lowest BCUT2D eigenvalue weighted by atomic mass is 9.76. The number of phenolic OH excluding ortho intramolecular Hbond substituents is 2. The molecule has 1 fully saturated rings. The zero-order chi connectivity index (χ0) is 20.3. The largest absolute Gasteiger partial charge is 0.508 e. The number of carboxylic acids is 2. The Bertz CT molecular complexity index is 807. The third-order valence-electron chi connectivity index (χ3n) is 5.62. The van der Waals surface area contributed by atoms with Crippen molar-refractivity contribution in [3.8, 4) is 11.5 Å². The second-order valence-electron chi connectivity index (χ2n) is 7.59. The van der Waals surface area contributed by atoms with Crippen molar-refractivity contribution in [1.29, 1.82) is 0 Å². The highest BCUT2D eigenvalue weighted by Gasteiger charge is 2.25. The van der Waals surface area contributed by atoms with E-state index in [0.29, 0.717) is 35.8 Å².